The molecule has 14 heteroatoms. The molecule has 4 aromatic rings. The van der Waals surface area contributed by atoms with Crippen LogP contribution in [-0.4, -0.2) is 53.7 Å². The molecule has 2 N–H and O–H groups in total. The average Bonchev–Trinajstić information content (AvgIpc) is 3.57. The number of alkyl halides is 2. The summed E-state index contributed by atoms with van der Waals surface area (Å²) in [5, 5.41) is 27.1. The van der Waals surface area contributed by atoms with Crippen LogP contribution in [0, 0.1) is 6.92 Å². The van der Waals surface area contributed by atoms with E-state index in [1.807, 2.05) is 20.8 Å². The minimum absolute atomic E-state index is 0.136. The minimum atomic E-state index is -2.63. The molecule has 222 valence electrons. The Morgan fingerprint density at radius 2 is 1.74 bits per heavy atom. The maximum absolute atomic E-state index is 13.6. The van der Waals surface area contributed by atoms with Gasteiger partial charge in [-0.1, -0.05) is 35.0 Å². The third-order valence-corrected chi connectivity index (χ3v) is 12.2. The number of anilines is 2. The van der Waals surface area contributed by atoms with E-state index in [1.54, 1.807) is 35.5 Å². The number of hydrogen-bond acceptors (Lipinski definition) is 10. The molecular formula is C29H26Cl2F2N8S2. The van der Waals surface area contributed by atoms with Gasteiger partial charge in [-0.05, 0) is 44.8 Å². The van der Waals surface area contributed by atoms with Crippen LogP contribution in [0.1, 0.15) is 56.4 Å². The number of allylic oxidation sites excluding steroid dienone is 3. The Balaban J connectivity index is 1.21. The van der Waals surface area contributed by atoms with Gasteiger partial charge < -0.3 is 15.5 Å². The number of thiophene rings is 1. The Morgan fingerprint density at radius 1 is 1.02 bits per heavy atom. The SMILES string of the molecule is CC1=C2c3cnnc(NC4CC(F)(F)C4)c3SC2N(Cc2c(Cl)c(C)nc3sc4c(NC5CC5)nncc4c23)C(C)=C1Cl. The molecule has 2 aliphatic carbocycles. The van der Waals surface area contributed by atoms with Crippen molar-refractivity contribution in [2.24, 2.45) is 0 Å². The number of halogens is 4. The van der Waals surface area contributed by atoms with Crippen LogP contribution in [-0.2, 0) is 6.54 Å². The number of pyridine rings is 1. The molecule has 0 spiro atoms. The van der Waals surface area contributed by atoms with Gasteiger partial charge in [0.15, 0.2) is 11.6 Å². The third kappa shape index (κ3) is 4.47. The maximum atomic E-state index is 13.6. The van der Waals surface area contributed by atoms with Crippen LogP contribution >= 0.6 is 46.3 Å². The molecule has 1 unspecified atom stereocenters. The van der Waals surface area contributed by atoms with Crippen LogP contribution in [0.4, 0.5) is 20.4 Å². The van der Waals surface area contributed by atoms with Crippen LogP contribution < -0.4 is 10.6 Å². The molecule has 6 heterocycles. The zero-order chi connectivity index (χ0) is 29.8. The molecule has 0 amide bonds. The summed E-state index contributed by atoms with van der Waals surface area (Å²) in [7, 11) is 0. The molecule has 4 aliphatic rings. The van der Waals surface area contributed by atoms with Gasteiger partial charge in [-0.3, -0.25) is 0 Å². The molecule has 1 atom stereocenters. The number of nitrogens with one attached hydrogen (secondary N) is 2. The highest BCUT2D eigenvalue weighted by atomic mass is 35.5. The first-order valence-electron chi connectivity index (χ1n) is 14.1. The first kappa shape index (κ1) is 27.7. The van der Waals surface area contributed by atoms with Crippen molar-refractivity contribution in [3.63, 3.8) is 0 Å². The molecule has 8 rings (SSSR count). The Morgan fingerprint density at radius 3 is 2.49 bits per heavy atom. The van der Waals surface area contributed by atoms with E-state index in [0.717, 1.165) is 77.5 Å². The second-order valence-corrected chi connectivity index (χ2v) is 14.5. The third-order valence-electron chi connectivity index (χ3n) is 8.65. The summed E-state index contributed by atoms with van der Waals surface area (Å²) in [6.07, 6.45) is 5.38. The van der Waals surface area contributed by atoms with Gasteiger partial charge in [0.2, 0.25) is 0 Å². The molecule has 8 nitrogen and oxygen atoms in total. The van der Waals surface area contributed by atoms with Gasteiger partial charge in [0.25, 0.3) is 5.92 Å². The van der Waals surface area contributed by atoms with Crippen LogP contribution in [0.25, 0.3) is 25.9 Å². The number of fused-ring (bicyclic) bond motifs is 6. The predicted octanol–water partition coefficient (Wildman–Crippen LogP) is 7.97. The van der Waals surface area contributed by atoms with Gasteiger partial charge in [-0.25, -0.2) is 13.8 Å². The minimum Gasteiger partial charge on any atom is -0.365 e. The number of hydrogen-bond donors (Lipinski definition) is 2. The molecule has 0 radical (unpaired) electrons. The average molecular weight is 660 g/mol. The molecule has 2 aliphatic heterocycles. The number of aryl methyl sites for hydroxylation is 1. The van der Waals surface area contributed by atoms with Crippen LogP contribution in [0.15, 0.2) is 33.6 Å². The van der Waals surface area contributed by atoms with Gasteiger partial charge in [0.1, 0.15) is 10.2 Å². The lowest BCUT2D eigenvalue weighted by Gasteiger charge is -2.37. The summed E-state index contributed by atoms with van der Waals surface area (Å²) in [5.74, 6) is -1.31. The molecular weight excluding hydrogens is 633 g/mol. The first-order chi connectivity index (χ1) is 20.6. The molecule has 0 bridgehead atoms. The van der Waals surface area contributed by atoms with E-state index in [0.29, 0.717) is 28.5 Å². The smallest absolute Gasteiger partial charge is 0.252 e. The van der Waals surface area contributed by atoms with Crippen molar-refractivity contribution in [1.29, 1.82) is 0 Å². The molecule has 43 heavy (non-hydrogen) atoms. The molecule has 2 fully saturated rings. The quantitative estimate of drug-likeness (QED) is 0.214. The fourth-order valence-electron chi connectivity index (χ4n) is 6.20. The molecule has 4 aromatic heterocycles. The van der Waals surface area contributed by atoms with Gasteiger partial charge in [-0.15, -0.1) is 21.5 Å². The van der Waals surface area contributed by atoms with E-state index in [9.17, 15) is 8.78 Å². The lowest BCUT2D eigenvalue weighted by molar-refractivity contribution is -0.0794. The largest absolute Gasteiger partial charge is 0.365 e. The second-order valence-electron chi connectivity index (χ2n) is 11.7. The summed E-state index contributed by atoms with van der Waals surface area (Å²) >= 11 is 17.3. The van der Waals surface area contributed by atoms with E-state index in [2.05, 4.69) is 35.9 Å². The Bertz CT molecular complexity index is 1910. The summed E-state index contributed by atoms with van der Waals surface area (Å²) in [6.45, 7) is 6.44. The summed E-state index contributed by atoms with van der Waals surface area (Å²) in [4.78, 5) is 8.90. The number of thioether (sulfide) groups is 1. The van der Waals surface area contributed by atoms with Crippen molar-refractivity contribution >= 4 is 83.8 Å². The van der Waals surface area contributed by atoms with Crippen molar-refractivity contribution < 1.29 is 8.78 Å². The summed E-state index contributed by atoms with van der Waals surface area (Å²) in [5.41, 5.74) is 5.56. The topological polar surface area (TPSA) is 91.8 Å². The van der Waals surface area contributed by atoms with E-state index in [4.69, 9.17) is 28.2 Å². The molecule has 2 saturated carbocycles. The Kier molecular flexibility index (Phi) is 6.35. The zero-order valence-electron chi connectivity index (χ0n) is 23.4. The van der Waals surface area contributed by atoms with Crippen LogP contribution in [0.5, 0.6) is 0 Å². The van der Waals surface area contributed by atoms with Crippen molar-refractivity contribution in [2.45, 2.75) is 81.3 Å². The van der Waals surface area contributed by atoms with Crippen molar-refractivity contribution in [3.8, 4) is 0 Å². The molecule has 0 saturated heterocycles. The number of rotatable bonds is 6. The summed E-state index contributed by atoms with van der Waals surface area (Å²) in [6, 6.07) is 0.0968. The second kappa shape index (κ2) is 9.85. The van der Waals surface area contributed by atoms with E-state index in [-0.39, 0.29) is 24.3 Å². The fraction of sp³-hybridized carbons (Fsp3) is 0.414. The zero-order valence-corrected chi connectivity index (χ0v) is 26.6. The fourth-order valence-corrected chi connectivity index (χ4v) is 9.28. The van der Waals surface area contributed by atoms with Gasteiger partial charge in [-0.2, -0.15) is 10.2 Å². The first-order valence-corrected chi connectivity index (χ1v) is 16.6. The van der Waals surface area contributed by atoms with Crippen LogP contribution in [0.2, 0.25) is 5.02 Å². The van der Waals surface area contributed by atoms with Gasteiger partial charge in [0, 0.05) is 59.1 Å². The lowest BCUT2D eigenvalue weighted by Crippen LogP contribution is -2.44. The van der Waals surface area contributed by atoms with Gasteiger partial charge in [0.05, 0.1) is 37.7 Å². The van der Waals surface area contributed by atoms with E-state index < -0.39 is 5.92 Å². The monoisotopic (exact) mass is 658 g/mol. The highest BCUT2D eigenvalue weighted by Crippen LogP contribution is 2.55. The number of aromatic nitrogens is 5. The van der Waals surface area contributed by atoms with Crippen molar-refractivity contribution in [2.75, 3.05) is 10.6 Å². The van der Waals surface area contributed by atoms with E-state index >= 15 is 0 Å². The van der Waals surface area contributed by atoms with Gasteiger partial charge >= 0.3 is 0 Å². The maximum Gasteiger partial charge on any atom is 0.252 e. The van der Waals surface area contributed by atoms with Crippen molar-refractivity contribution in [3.05, 3.63) is 50.5 Å². The highest BCUT2D eigenvalue weighted by molar-refractivity contribution is 8.01. The lowest BCUT2D eigenvalue weighted by atomic mass is 9.88. The van der Waals surface area contributed by atoms with E-state index in [1.165, 1.54) is 0 Å². The standard InChI is InChI=1S/C29H26Cl2F2N8S2/c1-11-19-16-8-34-40-26(38-15-6-29(32,33)7-15)24(16)43-28(19)41(13(3)21(11)30)10-18-20-17-9-35-39-25(37-14-4-5-14)23(17)42-27(20)36-12(2)22(18)31/h8-9,14-15,28H,4-7,10H2,1-3H3,(H,37,39)(H,38,40). The normalized spacial score (nSPS) is 21.5. The van der Waals surface area contributed by atoms with Crippen LogP contribution in [0.3, 0.4) is 0 Å². The Labute approximate surface area is 264 Å². The molecule has 0 aromatic carbocycles. The predicted molar refractivity (Wildman–Crippen MR) is 169 cm³/mol. The Hall–Kier alpha value is -2.80. The summed E-state index contributed by atoms with van der Waals surface area (Å²) < 4.78 is 28.2. The number of nitrogens with zero attached hydrogens (tertiary/aromatic N) is 6. The van der Waals surface area contributed by atoms with Crippen molar-refractivity contribution in [1.82, 2.24) is 30.3 Å². The highest BCUT2D eigenvalue weighted by Gasteiger charge is 2.47.